The van der Waals surface area contributed by atoms with Crippen molar-refractivity contribution in [1.29, 1.82) is 0 Å². The number of anilines is 1. The molecule has 1 fully saturated rings. The second-order valence-corrected chi connectivity index (χ2v) is 6.42. The van der Waals surface area contributed by atoms with Gasteiger partial charge in [0.05, 0.1) is 27.7 Å². The predicted octanol–water partition coefficient (Wildman–Crippen LogP) is 2.90. The largest absolute Gasteiger partial charge is 0.380 e. The first-order valence-electron chi connectivity index (χ1n) is 7.13. The summed E-state index contributed by atoms with van der Waals surface area (Å²) in [5.74, 6) is 0.575. The number of ether oxygens (including phenoxy) is 1. The molecule has 0 bridgehead atoms. The molecule has 1 unspecified atom stereocenters. The smallest absolute Gasteiger partial charge is 0.227 e. The van der Waals surface area contributed by atoms with Gasteiger partial charge in [-0.3, -0.25) is 4.79 Å². The average Bonchev–Trinajstić information content (AvgIpc) is 3.24. The fourth-order valence-corrected chi connectivity index (χ4v) is 3.38. The van der Waals surface area contributed by atoms with Crippen LogP contribution in [0.3, 0.4) is 0 Å². The zero-order valence-corrected chi connectivity index (χ0v) is 14.0. The minimum Gasteiger partial charge on any atom is -0.380 e. The normalized spacial score (nSPS) is 15.4. The summed E-state index contributed by atoms with van der Waals surface area (Å²) in [5.41, 5.74) is 7.33. The minimum atomic E-state index is -0.237. The second kappa shape index (κ2) is 7.37. The number of thiazole rings is 1. The number of benzene rings is 1. The third kappa shape index (κ3) is 3.95. The van der Waals surface area contributed by atoms with Gasteiger partial charge in [0.25, 0.3) is 0 Å². The van der Waals surface area contributed by atoms with Crippen LogP contribution in [0.25, 0.3) is 10.2 Å². The van der Waals surface area contributed by atoms with Crippen LogP contribution >= 0.6 is 23.7 Å². The number of nitrogens with one attached hydrogen (secondary N) is 1. The monoisotopic (exact) mass is 341 g/mol. The summed E-state index contributed by atoms with van der Waals surface area (Å²) in [7, 11) is 1.56. The molecule has 120 valence electrons. The number of amides is 1. The van der Waals surface area contributed by atoms with Crippen LogP contribution in [-0.4, -0.2) is 30.6 Å². The molecule has 7 heteroatoms. The Balaban J connectivity index is 0.00000176. The molecule has 1 aromatic carbocycles. The van der Waals surface area contributed by atoms with Crippen LogP contribution in [0, 0.1) is 0 Å². The SMILES string of the molecule is COC(CN)CC(=O)Nc1ccc2nc(C3CC3)sc2c1.Cl. The number of halogens is 1. The van der Waals surface area contributed by atoms with E-state index in [-0.39, 0.29) is 30.8 Å². The van der Waals surface area contributed by atoms with Crippen LogP contribution in [-0.2, 0) is 9.53 Å². The Hall–Kier alpha value is -1.21. The third-order valence-corrected chi connectivity index (χ3v) is 4.81. The van der Waals surface area contributed by atoms with Crippen LogP contribution in [0.15, 0.2) is 18.2 Å². The zero-order chi connectivity index (χ0) is 14.8. The Morgan fingerprint density at radius 2 is 2.32 bits per heavy atom. The van der Waals surface area contributed by atoms with Crippen molar-refractivity contribution in [3.8, 4) is 0 Å². The fraction of sp³-hybridized carbons (Fsp3) is 0.467. The van der Waals surface area contributed by atoms with Crippen LogP contribution in [0.4, 0.5) is 5.69 Å². The maximum Gasteiger partial charge on any atom is 0.227 e. The van der Waals surface area contributed by atoms with Crippen molar-refractivity contribution in [3.63, 3.8) is 0 Å². The molecule has 0 saturated heterocycles. The molecule has 1 amide bonds. The van der Waals surface area contributed by atoms with E-state index in [0.717, 1.165) is 15.9 Å². The van der Waals surface area contributed by atoms with Crippen molar-refractivity contribution in [2.75, 3.05) is 19.0 Å². The van der Waals surface area contributed by atoms with Crippen molar-refractivity contribution in [2.45, 2.75) is 31.3 Å². The summed E-state index contributed by atoms with van der Waals surface area (Å²) >= 11 is 1.72. The quantitative estimate of drug-likeness (QED) is 0.847. The number of nitrogens with zero attached hydrogens (tertiary/aromatic N) is 1. The number of hydrogen-bond donors (Lipinski definition) is 2. The summed E-state index contributed by atoms with van der Waals surface area (Å²) in [6.45, 7) is 0.336. The van der Waals surface area contributed by atoms with Crippen LogP contribution in [0.5, 0.6) is 0 Å². The van der Waals surface area contributed by atoms with E-state index in [1.807, 2.05) is 18.2 Å². The van der Waals surface area contributed by atoms with E-state index >= 15 is 0 Å². The number of aromatic nitrogens is 1. The molecule has 3 rings (SSSR count). The maximum absolute atomic E-state index is 11.9. The molecule has 1 aliphatic rings. The van der Waals surface area contributed by atoms with Gasteiger partial charge in [-0.2, -0.15) is 0 Å². The first kappa shape index (κ1) is 17.1. The predicted molar refractivity (Wildman–Crippen MR) is 91.9 cm³/mol. The van der Waals surface area contributed by atoms with Gasteiger partial charge >= 0.3 is 0 Å². The lowest BCUT2D eigenvalue weighted by Crippen LogP contribution is -2.28. The molecule has 5 nitrogen and oxygen atoms in total. The molecule has 0 spiro atoms. The van der Waals surface area contributed by atoms with Gasteiger partial charge in [-0.1, -0.05) is 0 Å². The summed E-state index contributed by atoms with van der Waals surface area (Å²) in [4.78, 5) is 16.6. The second-order valence-electron chi connectivity index (χ2n) is 5.35. The summed E-state index contributed by atoms with van der Waals surface area (Å²) in [6, 6.07) is 5.84. The van der Waals surface area contributed by atoms with Crippen molar-refractivity contribution >= 4 is 45.6 Å². The summed E-state index contributed by atoms with van der Waals surface area (Å²) < 4.78 is 6.24. The molecule has 1 aromatic heterocycles. The van der Waals surface area contributed by atoms with Crippen LogP contribution in [0.2, 0.25) is 0 Å². The van der Waals surface area contributed by atoms with Gasteiger partial charge in [0.1, 0.15) is 0 Å². The van der Waals surface area contributed by atoms with E-state index < -0.39 is 0 Å². The Labute approximate surface area is 139 Å². The summed E-state index contributed by atoms with van der Waals surface area (Å²) in [5, 5.41) is 4.11. The van der Waals surface area contributed by atoms with Crippen LogP contribution in [0.1, 0.15) is 30.2 Å². The molecular formula is C15H20ClN3O2S. The molecule has 1 aliphatic carbocycles. The molecular weight excluding hydrogens is 322 g/mol. The number of carbonyl (C=O) groups excluding carboxylic acids is 1. The van der Waals surface area contributed by atoms with Crippen molar-refractivity contribution < 1.29 is 9.53 Å². The topological polar surface area (TPSA) is 77.2 Å². The Bertz CT molecular complexity index is 653. The number of carbonyl (C=O) groups is 1. The fourth-order valence-electron chi connectivity index (χ4n) is 2.21. The highest BCUT2D eigenvalue weighted by Gasteiger charge is 2.27. The van der Waals surface area contributed by atoms with E-state index in [1.54, 1.807) is 18.4 Å². The number of rotatable bonds is 6. The van der Waals surface area contributed by atoms with Crippen molar-refractivity contribution in [3.05, 3.63) is 23.2 Å². The Kier molecular flexibility index (Phi) is 5.74. The lowest BCUT2D eigenvalue weighted by atomic mass is 10.2. The Morgan fingerprint density at radius 3 is 2.95 bits per heavy atom. The van der Waals surface area contributed by atoms with Gasteiger partial charge in [0, 0.05) is 25.3 Å². The highest BCUT2D eigenvalue weighted by atomic mass is 35.5. The maximum atomic E-state index is 11.9. The van der Waals surface area contributed by atoms with Gasteiger partial charge in [0.15, 0.2) is 0 Å². The molecule has 2 aromatic rings. The van der Waals surface area contributed by atoms with E-state index in [9.17, 15) is 4.79 Å². The lowest BCUT2D eigenvalue weighted by Gasteiger charge is -2.12. The highest BCUT2D eigenvalue weighted by Crippen LogP contribution is 2.43. The first-order chi connectivity index (χ1) is 10.2. The number of fused-ring (bicyclic) bond motifs is 1. The first-order valence-corrected chi connectivity index (χ1v) is 7.94. The highest BCUT2D eigenvalue weighted by molar-refractivity contribution is 7.18. The molecule has 3 N–H and O–H groups in total. The molecule has 1 heterocycles. The van der Waals surface area contributed by atoms with Crippen molar-refractivity contribution in [2.24, 2.45) is 5.73 Å². The van der Waals surface area contributed by atoms with Gasteiger partial charge in [-0.15, -0.1) is 23.7 Å². The average molecular weight is 342 g/mol. The number of methoxy groups -OCH3 is 1. The summed E-state index contributed by atoms with van der Waals surface area (Å²) in [6.07, 6.45) is 2.53. The van der Waals surface area contributed by atoms with E-state index in [2.05, 4.69) is 10.3 Å². The van der Waals surface area contributed by atoms with Gasteiger partial charge in [-0.25, -0.2) is 4.98 Å². The molecule has 1 atom stereocenters. The third-order valence-electron chi connectivity index (χ3n) is 3.62. The molecule has 0 radical (unpaired) electrons. The Morgan fingerprint density at radius 1 is 1.55 bits per heavy atom. The standard InChI is InChI=1S/C15H19N3O2S.ClH/c1-20-11(8-16)7-14(19)17-10-4-5-12-13(6-10)21-15(18-12)9-2-3-9;/h4-6,9,11H,2-3,7-8,16H2,1H3,(H,17,19);1H. The van der Waals surface area contributed by atoms with E-state index in [4.69, 9.17) is 10.5 Å². The molecule has 0 aliphatic heterocycles. The van der Waals surface area contributed by atoms with Crippen LogP contribution < -0.4 is 11.1 Å². The minimum absolute atomic E-state index is 0. The van der Waals surface area contributed by atoms with Gasteiger partial charge in [-0.05, 0) is 31.0 Å². The zero-order valence-electron chi connectivity index (χ0n) is 12.4. The van der Waals surface area contributed by atoms with Gasteiger partial charge in [0.2, 0.25) is 5.91 Å². The molecule has 22 heavy (non-hydrogen) atoms. The number of hydrogen-bond acceptors (Lipinski definition) is 5. The van der Waals surface area contributed by atoms with E-state index in [1.165, 1.54) is 17.8 Å². The lowest BCUT2D eigenvalue weighted by molar-refractivity contribution is -0.118. The van der Waals surface area contributed by atoms with Crippen molar-refractivity contribution in [1.82, 2.24) is 4.98 Å². The molecule has 1 saturated carbocycles. The number of nitrogens with two attached hydrogens (primary N) is 1. The van der Waals surface area contributed by atoms with Gasteiger partial charge < -0.3 is 15.8 Å². The van der Waals surface area contributed by atoms with E-state index in [0.29, 0.717) is 12.5 Å².